The monoisotopic (exact) mass is 493 g/mol. The number of ether oxygens (including phenoxy) is 1. The number of nitrogens with one attached hydrogen (secondary N) is 1. The third-order valence-electron chi connectivity index (χ3n) is 5.67. The Labute approximate surface area is 209 Å². The molecule has 1 fully saturated rings. The first-order valence-electron chi connectivity index (χ1n) is 10.8. The van der Waals surface area contributed by atoms with E-state index in [0.29, 0.717) is 34.5 Å². The molecule has 2 amide bonds. The standard InChI is InChI=1S/C26H24ClN3O3S/c1-33-22-13-11-21(12-14-22)30-24(31)17-23(25(30)32)29(16-15-18-7-9-19(27)10-8-18)26(34)28-20-5-3-2-4-6-20/h2-14,23H,15-17H2,1H3,(H,28,34). The van der Waals surface area contributed by atoms with Gasteiger partial charge < -0.3 is 15.0 Å². The number of hydrogen-bond acceptors (Lipinski definition) is 4. The van der Waals surface area contributed by atoms with Crippen molar-refractivity contribution in [1.82, 2.24) is 4.90 Å². The van der Waals surface area contributed by atoms with Gasteiger partial charge in [0.2, 0.25) is 5.91 Å². The fraction of sp³-hybridized carbons (Fsp3) is 0.192. The molecule has 0 saturated carbocycles. The van der Waals surface area contributed by atoms with Gasteiger partial charge in [-0.3, -0.25) is 9.59 Å². The highest BCUT2D eigenvalue weighted by Gasteiger charge is 2.43. The maximum atomic E-state index is 13.5. The summed E-state index contributed by atoms with van der Waals surface area (Å²) in [6.07, 6.45) is 0.677. The van der Waals surface area contributed by atoms with E-state index >= 15 is 0 Å². The van der Waals surface area contributed by atoms with Crippen LogP contribution in [0, 0.1) is 0 Å². The van der Waals surface area contributed by atoms with Crippen LogP contribution in [0.4, 0.5) is 11.4 Å². The molecule has 1 N–H and O–H groups in total. The highest BCUT2D eigenvalue weighted by Crippen LogP contribution is 2.28. The molecular weight excluding hydrogens is 470 g/mol. The van der Waals surface area contributed by atoms with Crippen LogP contribution >= 0.6 is 23.8 Å². The summed E-state index contributed by atoms with van der Waals surface area (Å²) in [6, 6.07) is 23.2. The quantitative estimate of drug-likeness (QED) is 0.372. The number of para-hydroxylation sites is 1. The van der Waals surface area contributed by atoms with E-state index in [1.165, 1.54) is 4.90 Å². The fourth-order valence-corrected chi connectivity index (χ4v) is 4.34. The lowest BCUT2D eigenvalue weighted by molar-refractivity contribution is -0.122. The molecule has 3 aromatic rings. The van der Waals surface area contributed by atoms with Gasteiger partial charge in [0.1, 0.15) is 11.8 Å². The predicted molar refractivity (Wildman–Crippen MR) is 138 cm³/mol. The van der Waals surface area contributed by atoms with Gasteiger partial charge in [0.15, 0.2) is 5.11 Å². The number of methoxy groups -OCH3 is 1. The molecule has 0 aliphatic carbocycles. The largest absolute Gasteiger partial charge is 0.497 e. The van der Waals surface area contributed by atoms with Crippen molar-refractivity contribution in [3.05, 3.63) is 89.4 Å². The second kappa shape index (κ2) is 10.7. The average Bonchev–Trinajstić information content (AvgIpc) is 3.14. The molecule has 4 rings (SSSR count). The van der Waals surface area contributed by atoms with E-state index in [2.05, 4.69) is 5.32 Å². The van der Waals surface area contributed by atoms with Crippen LogP contribution in [0.15, 0.2) is 78.9 Å². The smallest absolute Gasteiger partial charge is 0.257 e. The zero-order valence-electron chi connectivity index (χ0n) is 18.6. The van der Waals surface area contributed by atoms with Gasteiger partial charge in [-0.05, 0) is 72.7 Å². The highest BCUT2D eigenvalue weighted by atomic mass is 35.5. The summed E-state index contributed by atoms with van der Waals surface area (Å²) in [5.41, 5.74) is 2.38. The number of halogens is 1. The van der Waals surface area contributed by atoms with Crippen molar-refractivity contribution in [2.75, 3.05) is 23.9 Å². The Morgan fingerprint density at radius 2 is 1.74 bits per heavy atom. The van der Waals surface area contributed by atoms with Gasteiger partial charge >= 0.3 is 0 Å². The van der Waals surface area contributed by atoms with Crippen LogP contribution in [0.25, 0.3) is 0 Å². The minimum atomic E-state index is -0.703. The van der Waals surface area contributed by atoms with Gasteiger partial charge in [0, 0.05) is 17.3 Å². The van der Waals surface area contributed by atoms with E-state index in [9.17, 15) is 9.59 Å². The third-order valence-corrected chi connectivity index (χ3v) is 6.26. The molecule has 1 atom stereocenters. The fourth-order valence-electron chi connectivity index (χ4n) is 3.88. The molecule has 174 valence electrons. The first-order valence-corrected chi connectivity index (χ1v) is 11.6. The summed E-state index contributed by atoms with van der Waals surface area (Å²) in [5, 5.41) is 4.26. The van der Waals surface area contributed by atoms with Crippen molar-refractivity contribution in [2.24, 2.45) is 0 Å². The summed E-state index contributed by atoms with van der Waals surface area (Å²) in [6.45, 7) is 0.459. The number of anilines is 2. The van der Waals surface area contributed by atoms with Crippen LogP contribution < -0.4 is 15.0 Å². The molecule has 6 nitrogen and oxygen atoms in total. The molecular formula is C26H24ClN3O3S. The van der Waals surface area contributed by atoms with Gasteiger partial charge in [-0.25, -0.2) is 4.90 Å². The Balaban J connectivity index is 1.57. The number of carbonyl (C=O) groups excluding carboxylic acids is 2. The lowest BCUT2D eigenvalue weighted by Crippen LogP contribution is -2.48. The highest BCUT2D eigenvalue weighted by molar-refractivity contribution is 7.80. The maximum Gasteiger partial charge on any atom is 0.257 e. The first-order chi connectivity index (χ1) is 16.5. The summed E-state index contributed by atoms with van der Waals surface area (Å²) in [4.78, 5) is 29.4. The number of amides is 2. The van der Waals surface area contributed by atoms with Crippen molar-refractivity contribution >= 4 is 52.1 Å². The second-order valence-electron chi connectivity index (χ2n) is 7.85. The summed E-state index contributed by atoms with van der Waals surface area (Å²) < 4.78 is 5.18. The van der Waals surface area contributed by atoms with Gasteiger partial charge in [0.25, 0.3) is 5.91 Å². The van der Waals surface area contributed by atoms with Crippen LogP contribution in [-0.4, -0.2) is 41.5 Å². The lowest BCUT2D eigenvalue weighted by atomic mass is 10.1. The lowest BCUT2D eigenvalue weighted by Gasteiger charge is -2.30. The Bertz CT molecular complexity index is 1170. The van der Waals surface area contributed by atoms with Crippen LogP contribution in [0.2, 0.25) is 5.02 Å². The molecule has 1 heterocycles. The molecule has 0 spiro atoms. The van der Waals surface area contributed by atoms with E-state index in [1.54, 1.807) is 36.3 Å². The van der Waals surface area contributed by atoms with Crippen molar-refractivity contribution in [2.45, 2.75) is 18.9 Å². The van der Waals surface area contributed by atoms with Crippen molar-refractivity contribution < 1.29 is 14.3 Å². The van der Waals surface area contributed by atoms with Crippen molar-refractivity contribution in [3.8, 4) is 5.75 Å². The SMILES string of the molecule is COc1ccc(N2C(=O)CC(N(CCc3ccc(Cl)cc3)C(=S)Nc3ccccc3)C2=O)cc1. The Kier molecular flexibility index (Phi) is 7.45. The normalized spacial score (nSPS) is 15.4. The van der Waals surface area contributed by atoms with E-state index < -0.39 is 6.04 Å². The third kappa shape index (κ3) is 5.38. The number of rotatable bonds is 7. The molecule has 1 saturated heterocycles. The number of benzene rings is 3. The number of thiocarbonyl (C=S) groups is 1. The van der Waals surface area contributed by atoms with Gasteiger partial charge in [0.05, 0.1) is 19.2 Å². The average molecular weight is 494 g/mol. The number of imide groups is 1. The molecule has 1 unspecified atom stereocenters. The topological polar surface area (TPSA) is 61.9 Å². The van der Waals surface area contributed by atoms with Crippen LogP contribution in [0.1, 0.15) is 12.0 Å². The number of nitrogens with zero attached hydrogens (tertiary/aromatic N) is 2. The van der Waals surface area contributed by atoms with Crippen molar-refractivity contribution in [3.63, 3.8) is 0 Å². The minimum Gasteiger partial charge on any atom is -0.497 e. The predicted octanol–water partition coefficient (Wildman–Crippen LogP) is 4.92. The van der Waals surface area contributed by atoms with E-state index in [4.69, 9.17) is 28.6 Å². The summed E-state index contributed by atoms with van der Waals surface area (Å²) >= 11 is 11.7. The zero-order chi connectivity index (χ0) is 24.1. The Hall–Kier alpha value is -3.42. The molecule has 0 radical (unpaired) electrons. The molecule has 8 heteroatoms. The Morgan fingerprint density at radius 3 is 2.38 bits per heavy atom. The van der Waals surface area contributed by atoms with Crippen LogP contribution in [-0.2, 0) is 16.0 Å². The van der Waals surface area contributed by atoms with Gasteiger partial charge in [-0.2, -0.15) is 0 Å². The minimum absolute atomic E-state index is 0.0437. The molecule has 34 heavy (non-hydrogen) atoms. The first kappa shape index (κ1) is 23.7. The maximum absolute atomic E-state index is 13.5. The van der Waals surface area contributed by atoms with Crippen LogP contribution in [0.3, 0.4) is 0 Å². The van der Waals surface area contributed by atoms with E-state index in [1.807, 2.05) is 54.6 Å². The van der Waals surface area contributed by atoms with Crippen molar-refractivity contribution in [1.29, 1.82) is 0 Å². The summed E-state index contributed by atoms with van der Waals surface area (Å²) in [5.74, 6) is 0.0832. The Morgan fingerprint density at radius 1 is 1.06 bits per heavy atom. The summed E-state index contributed by atoms with van der Waals surface area (Å²) in [7, 11) is 1.57. The molecule has 1 aliphatic heterocycles. The second-order valence-corrected chi connectivity index (χ2v) is 8.67. The molecule has 3 aromatic carbocycles. The van der Waals surface area contributed by atoms with E-state index in [-0.39, 0.29) is 18.2 Å². The zero-order valence-corrected chi connectivity index (χ0v) is 20.2. The van der Waals surface area contributed by atoms with Crippen LogP contribution in [0.5, 0.6) is 5.75 Å². The molecule has 0 aromatic heterocycles. The molecule has 0 bridgehead atoms. The molecule has 1 aliphatic rings. The number of hydrogen-bond donors (Lipinski definition) is 1. The van der Waals surface area contributed by atoms with E-state index in [0.717, 1.165) is 11.3 Å². The number of carbonyl (C=O) groups is 2. The van der Waals surface area contributed by atoms with Gasteiger partial charge in [-0.15, -0.1) is 0 Å². The van der Waals surface area contributed by atoms with Gasteiger partial charge in [-0.1, -0.05) is 41.9 Å².